The van der Waals surface area contributed by atoms with Gasteiger partial charge in [-0.2, -0.15) is 0 Å². The second-order valence-corrected chi connectivity index (χ2v) is 5.06. The first-order valence-electron chi connectivity index (χ1n) is 6.68. The number of aryl methyl sites for hydroxylation is 2. The molecule has 0 bridgehead atoms. The van der Waals surface area contributed by atoms with E-state index in [4.69, 9.17) is 4.74 Å². The van der Waals surface area contributed by atoms with E-state index >= 15 is 0 Å². The van der Waals surface area contributed by atoms with Crippen LogP contribution in [-0.4, -0.2) is 7.11 Å². The predicted molar refractivity (Wildman–Crippen MR) is 80.9 cm³/mol. The van der Waals surface area contributed by atoms with Gasteiger partial charge in [-0.3, -0.25) is 0 Å². The van der Waals surface area contributed by atoms with Gasteiger partial charge in [-0.15, -0.1) is 0 Å². The van der Waals surface area contributed by atoms with Crippen LogP contribution < -0.4 is 10.1 Å². The lowest BCUT2D eigenvalue weighted by molar-refractivity contribution is 0.408. The van der Waals surface area contributed by atoms with Crippen molar-refractivity contribution in [3.63, 3.8) is 0 Å². The number of hydrogen-bond donors (Lipinski definition) is 1. The lowest BCUT2D eigenvalue weighted by Crippen LogP contribution is -2.07. The first-order chi connectivity index (χ1) is 9.51. The number of ether oxygens (including phenoxy) is 1. The first-order valence-corrected chi connectivity index (χ1v) is 6.68. The Hall–Kier alpha value is -2.03. The molecule has 1 N–H and O–H groups in total. The van der Waals surface area contributed by atoms with Gasteiger partial charge in [0.1, 0.15) is 11.6 Å². The summed E-state index contributed by atoms with van der Waals surface area (Å²) >= 11 is 0. The Labute approximate surface area is 119 Å². The Balaban J connectivity index is 2.22. The van der Waals surface area contributed by atoms with Gasteiger partial charge in [0, 0.05) is 11.7 Å². The lowest BCUT2D eigenvalue weighted by atomic mass is 10.1. The molecule has 3 heteroatoms. The highest BCUT2D eigenvalue weighted by atomic mass is 19.1. The van der Waals surface area contributed by atoms with Crippen molar-refractivity contribution in [2.45, 2.75) is 26.8 Å². The molecule has 0 unspecified atom stereocenters. The molecule has 2 rings (SSSR count). The largest absolute Gasteiger partial charge is 0.496 e. The fourth-order valence-electron chi connectivity index (χ4n) is 2.46. The standard InChI is InChI=1S/C17H20FNO/c1-11-8-16(9-12(2)17(11)20-4)19-13(3)14-6-5-7-15(18)10-14/h5-10,13,19H,1-4H3/t13-/m1/s1. The average molecular weight is 273 g/mol. The third-order valence-corrected chi connectivity index (χ3v) is 3.40. The lowest BCUT2D eigenvalue weighted by Gasteiger charge is -2.18. The van der Waals surface area contributed by atoms with E-state index in [-0.39, 0.29) is 11.9 Å². The molecule has 0 amide bonds. The summed E-state index contributed by atoms with van der Waals surface area (Å²) in [7, 11) is 1.68. The van der Waals surface area contributed by atoms with E-state index in [1.807, 2.05) is 39.0 Å². The van der Waals surface area contributed by atoms with Crippen LogP contribution in [0.3, 0.4) is 0 Å². The molecule has 2 aromatic rings. The second-order valence-electron chi connectivity index (χ2n) is 5.06. The van der Waals surface area contributed by atoms with Crippen molar-refractivity contribution in [1.82, 2.24) is 0 Å². The molecule has 0 heterocycles. The molecule has 0 aliphatic heterocycles. The second kappa shape index (κ2) is 5.95. The summed E-state index contributed by atoms with van der Waals surface area (Å²) in [4.78, 5) is 0. The minimum Gasteiger partial charge on any atom is -0.496 e. The minimum absolute atomic E-state index is 0.0397. The maximum atomic E-state index is 13.2. The van der Waals surface area contributed by atoms with E-state index in [0.29, 0.717) is 0 Å². The zero-order valence-electron chi connectivity index (χ0n) is 12.3. The van der Waals surface area contributed by atoms with Crippen molar-refractivity contribution < 1.29 is 9.13 Å². The number of benzene rings is 2. The van der Waals surface area contributed by atoms with Gasteiger partial charge in [0.05, 0.1) is 7.11 Å². The smallest absolute Gasteiger partial charge is 0.124 e. The molecule has 0 aromatic heterocycles. The molecule has 106 valence electrons. The molecule has 2 aromatic carbocycles. The van der Waals surface area contributed by atoms with Gasteiger partial charge in [-0.05, 0) is 61.7 Å². The summed E-state index contributed by atoms with van der Waals surface area (Å²) in [5.41, 5.74) is 4.11. The highest BCUT2D eigenvalue weighted by Gasteiger charge is 2.09. The number of nitrogens with one attached hydrogen (secondary N) is 1. The molecule has 0 aliphatic rings. The van der Waals surface area contributed by atoms with Gasteiger partial charge >= 0.3 is 0 Å². The first kappa shape index (κ1) is 14.4. The summed E-state index contributed by atoms with van der Waals surface area (Å²) in [5, 5.41) is 3.40. The van der Waals surface area contributed by atoms with Crippen LogP contribution in [0.15, 0.2) is 36.4 Å². The summed E-state index contributed by atoms with van der Waals surface area (Å²) in [5.74, 6) is 0.701. The van der Waals surface area contributed by atoms with Crippen molar-refractivity contribution in [2.24, 2.45) is 0 Å². The van der Waals surface area contributed by atoms with E-state index in [1.54, 1.807) is 19.2 Å². The molecule has 0 fully saturated rings. The number of halogens is 1. The van der Waals surface area contributed by atoms with Crippen LogP contribution in [0.5, 0.6) is 5.75 Å². The molecule has 0 radical (unpaired) electrons. The normalized spacial score (nSPS) is 12.1. The fourth-order valence-corrected chi connectivity index (χ4v) is 2.46. The van der Waals surface area contributed by atoms with Gasteiger partial charge in [0.15, 0.2) is 0 Å². The summed E-state index contributed by atoms with van der Waals surface area (Å²) < 4.78 is 18.6. The summed E-state index contributed by atoms with van der Waals surface area (Å²) in [6.07, 6.45) is 0. The summed E-state index contributed by atoms with van der Waals surface area (Å²) in [6, 6.07) is 10.8. The molecule has 0 spiro atoms. The number of hydrogen-bond acceptors (Lipinski definition) is 2. The Kier molecular flexibility index (Phi) is 4.28. The third kappa shape index (κ3) is 3.10. The van der Waals surface area contributed by atoms with E-state index < -0.39 is 0 Å². The Morgan fingerprint density at radius 3 is 2.30 bits per heavy atom. The zero-order chi connectivity index (χ0) is 14.7. The summed E-state index contributed by atoms with van der Waals surface area (Å²) in [6.45, 7) is 6.05. The molecule has 1 atom stereocenters. The molecule has 2 nitrogen and oxygen atoms in total. The monoisotopic (exact) mass is 273 g/mol. The topological polar surface area (TPSA) is 21.3 Å². The van der Waals surface area contributed by atoms with E-state index in [1.165, 1.54) is 6.07 Å². The molecule has 0 saturated heterocycles. The van der Waals surface area contributed by atoms with Crippen LogP contribution in [0.2, 0.25) is 0 Å². The highest BCUT2D eigenvalue weighted by molar-refractivity contribution is 5.56. The Morgan fingerprint density at radius 2 is 1.75 bits per heavy atom. The van der Waals surface area contributed by atoms with Crippen molar-refractivity contribution in [3.05, 3.63) is 58.9 Å². The molecule has 0 saturated carbocycles. The van der Waals surface area contributed by atoms with Crippen LogP contribution in [0.1, 0.15) is 29.7 Å². The van der Waals surface area contributed by atoms with Gasteiger partial charge < -0.3 is 10.1 Å². The Morgan fingerprint density at radius 1 is 1.10 bits per heavy atom. The van der Waals surface area contributed by atoms with E-state index in [0.717, 1.165) is 28.1 Å². The quantitative estimate of drug-likeness (QED) is 0.877. The van der Waals surface area contributed by atoms with Crippen LogP contribution >= 0.6 is 0 Å². The van der Waals surface area contributed by atoms with Crippen molar-refractivity contribution in [1.29, 1.82) is 0 Å². The van der Waals surface area contributed by atoms with Gasteiger partial charge in [0.25, 0.3) is 0 Å². The number of methoxy groups -OCH3 is 1. The Bertz CT molecular complexity index is 587. The van der Waals surface area contributed by atoms with Crippen molar-refractivity contribution in [3.8, 4) is 5.75 Å². The van der Waals surface area contributed by atoms with Crippen molar-refractivity contribution >= 4 is 5.69 Å². The van der Waals surface area contributed by atoms with Gasteiger partial charge in [-0.1, -0.05) is 12.1 Å². The average Bonchev–Trinajstić information content (AvgIpc) is 2.38. The maximum Gasteiger partial charge on any atom is 0.124 e. The van der Waals surface area contributed by atoms with Crippen LogP contribution in [0.4, 0.5) is 10.1 Å². The fraction of sp³-hybridized carbons (Fsp3) is 0.294. The maximum absolute atomic E-state index is 13.2. The molecular weight excluding hydrogens is 253 g/mol. The highest BCUT2D eigenvalue weighted by Crippen LogP contribution is 2.28. The van der Waals surface area contributed by atoms with Crippen LogP contribution in [0, 0.1) is 19.7 Å². The van der Waals surface area contributed by atoms with Crippen LogP contribution in [-0.2, 0) is 0 Å². The van der Waals surface area contributed by atoms with Gasteiger partial charge in [0.2, 0.25) is 0 Å². The number of anilines is 1. The van der Waals surface area contributed by atoms with Crippen molar-refractivity contribution in [2.75, 3.05) is 12.4 Å². The SMILES string of the molecule is COc1c(C)cc(N[C@H](C)c2cccc(F)c2)cc1C. The molecule has 0 aliphatic carbocycles. The van der Waals surface area contributed by atoms with Gasteiger partial charge in [-0.25, -0.2) is 4.39 Å². The zero-order valence-corrected chi connectivity index (χ0v) is 12.3. The van der Waals surface area contributed by atoms with E-state index in [2.05, 4.69) is 5.32 Å². The van der Waals surface area contributed by atoms with Crippen LogP contribution in [0.25, 0.3) is 0 Å². The number of rotatable bonds is 4. The minimum atomic E-state index is -0.210. The predicted octanol–water partition coefficient (Wildman–Crippen LogP) is 4.62. The molecular formula is C17H20FNO. The molecule has 20 heavy (non-hydrogen) atoms. The third-order valence-electron chi connectivity index (χ3n) is 3.40. The van der Waals surface area contributed by atoms with E-state index in [9.17, 15) is 4.39 Å².